The minimum absolute atomic E-state index is 0.143. The molecule has 2 aromatic rings. The summed E-state index contributed by atoms with van der Waals surface area (Å²) < 4.78 is 1.97. The molecule has 7 heteroatoms. The second-order valence-electron chi connectivity index (χ2n) is 4.60. The van der Waals surface area contributed by atoms with Gasteiger partial charge in [-0.3, -0.25) is 0 Å². The van der Waals surface area contributed by atoms with E-state index in [9.17, 15) is 0 Å². The van der Waals surface area contributed by atoms with Crippen LogP contribution in [0.15, 0.2) is 18.5 Å². The molecule has 6 nitrogen and oxygen atoms in total. The number of hydrogen-bond donors (Lipinski definition) is 2. The Morgan fingerprint density at radius 3 is 3.11 bits per heavy atom. The number of nitrogens with zero attached hydrogens (tertiary/aromatic N) is 4. The van der Waals surface area contributed by atoms with Gasteiger partial charge in [0.05, 0.1) is 6.33 Å². The van der Waals surface area contributed by atoms with E-state index >= 15 is 0 Å². The molecule has 0 aromatic carbocycles. The van der Waals surface area contributed by atoms with Gasteiger partial charge in [0, 0.05) is 18.6 Å². The molecule has 0 fully saturated rings. The Morgan fingerprint density at radius 2 is 2.32 bits per heavy atom. The van der Waals surface area contributed by atoms with Gasteiger partial charge in [-0.2, -0.15) is 9.97 Å². The minimum Gasteiger partial charge on any atom is -0.396 e. The average molecular weight is 280 g/mol. The van der Waals surface area contributed by atoms with E-state index in [1.165, 1.54) is 0 Å². The van der Waals surface area contributed by atoms with E-state index in [1.54, 1.807) is 6.33 Å². The Labute approximate surface area is 114 Å². The van der Waals surface area contributed by atoms with Crippen molar-refractivity contribution in [3.63, 3.8) is 0 Å². The van der Waals surface area contributed by atoms with Gasteiger partial charge in [-0.15, -0.1) is 0 Å². The Bertz CT molecular complexity index is 638. The third-order valence-electron chi connectivity index (χ3n) is 3.47. The van der Waals surface area contributed by atoms with E-state index in [2.05, 4.69) is 27.1 Å². The van der Waals surface area contributed by atoms with Crippen LogP contribution in [-0.4, -0.2) is 31.2 Å². The van der Waals surface area contributed by atoms with Gasteiger partial charge in [0.15, 0.2) is 10.8 Å². The Kier molecular flexibility index (Phi) is 3.12. The fourth-order valence-electron chi connectivity index (χ4n) is 2.59. The van der Waals surface area contributed by atoms with E-state index in [4.69, 9.17) is 22.4 Å². The zero-order chi connectivity index (χ0) is 13.4. The van der Waals surface area contributed by atoms with Gasteiger partial charge in [-0.1, -0.05) is 23.8 Å². The van der Waals surface area contributed by atoms with Crippen molar-refractivity contribution in [3.8, 4) is 0 Å². The third kappa shape index (κ3) is 2.06. The highest BCUT2D eigenvalue weighted by Crippen LogP contribution is 2.34. The van der Waals surface area contributed by atoms with Crippen LogP contribution < -0.4 is 5.73 Å². The van der Waals surface area contributed by atoms with Gasteiger partial charge in [0.25, 0.3) is 0 Å². The summed E-state index contributed by atoms with van der Waals surface area (Å²) in [5, 5.41) is 9.39. The smallest absolute Gasteiger partial charge is 0.223 e. The van der Waals surface area contributed by atoms with Crippen LogP contribution in [-0.2, 0) is 0 Å². The molecule has 0 amide bonds. The van der Waals surface area contributed by atoms with Crippen molar-refractivity contribution in [1.82, 2.24) is 19.5 Å². The summed E-state index contributed by atoms with van der Waals surface area (Å²) >= 11 is 6.02. The van der Waals surface area contributed by atoms with Crippen LogP contribution in [0.4, 0.5) is 5.95 Å². The van der Waals surface area contributed by atoms with Gasteiger partial charge in [-0.05, 0) is 12.8 Å². The maximum atomic E-state index is 9.12. The second kappa shape index (κ2) is 4.79. The Hall–Kier alpha value is -1.66. The quantitative estimate of drug-likeness (QED) is 0.657. The lowest BCUT2D eigenvalue weighted by atomic mass is 10.00. The molecule has 0 saturated carbocycles. The number of fused-ring (bicyclic) bond motifs is 1. The number of anilines is 1. The molecule has 3 N–H and O–H groups in total. The highest BCUT2D eigenvalue weighted by atomic mass is 35.5. The lowest BCUT2D eigenvalue weighted by Gasteiger charge is -2.20. The number of nitrogens with two attached hydrogens (primary N) is 1. The highest BCUT2D eigenvalue weighted by molar-refractivity contribution is 6.33. The first kappa shape index (κ1) is 12.4. The van der Waals surface area contributed by atoms with E-state index in [-0.39, 0.29) is 29.7 Å². The largest absolute Gasteiger partial charge is 0.396 e. The molecule has 2 atom stereocenters. The predicted molar refractivity (Wildman–Crippen MR) is 72.7 cm³/mol. The van der Waals surface area contributed by atoms with Gasteiger partial charge in [-0.25, -0.2) is 4.98 Å². The fraction of sp³-hybridized carbons (Fsp3) is 0.417. The maximum Gasteiger partial charge on any atom is 0.223 e. The van der Waals surface area contributed by atoms with E-state index in [0.717, 1.165) is 12.8 Å². The molecule has 0 aliphatic heterocycles. The monoisotopic (exact) mass is 279 g/mol. The first-order valence-electron chi connectivity index (χ1n) is 6.13. The predicted octanol–water partition coefficient (Wildman–Crippen LogP) is 1.56. The lowest BCUT2D eigenvalue weighted by molar-refractivity contribution is 0.250. The number of aliphatic hydroxyl groups is 1. The van der Waals surface area contributed by atoms with Gasteiger partial charge in [0.2, 0.25) is 5.95 Å². The Balaban J connectivity index is 2.06. The molecule has 0 bridgehead atoms. The van der Waals surface area contributed by atoms with Crippen LogP contribution in [0, 0.1) is 5.92 Å². The van der Waals surface area contributed by atoms with E-state index in [0.29, 0.717) is 11.2 Å². The standard InChI is InChI=1S/C12H14ClN5O/c13-10-9-11(17-12(14)16-10)18(6-15-9)8-3-1-2-7(8)4-5-19/h1-2,6-8,19H,3-5H2,(H2,14,16,17)/t7-,8-/m0/s1. The maximum absolute atomic E-state index is 9.12. The molecular weight excluding hydrogens is 266 g/mol. The molecular formula is C12H14ClN5O. The molecule has 3 rings (SSSR count). The molecule has 0 unspecified atom stereocenters. The van der Waals surface area contributed by atoms with Crippen molar-refractivity contribution in [2.45, 2.75) is 18.9 Å². The van der Waals surface area contributed by atoms with Crippen LogP contribution in [0.25, 0.3) is 11.2 Å². The van der Waals surface area contributed by atoms with Crippen LogP contribution in [0.1, 0.15) is 18.9 Å². The first-order valence-corrected chi connectivity index (χ1v) is 6.51. The number of aromatic nitrogens is 4. The molecule has 100 valence electrons. The first-order chi connectivity index (χ1) is 9.20. The van der Waals surface area contributed by atoms with E-state index in [1.807, 2.05) is 4.57 Å². The van der Waals surface area contributed by atoms with Crippen LogP contribution in [0.3, 0.4) is 0 Å². The number of aliphatic hydroxyl groups excluding tert-OH is 1. The molecule has 0 saturated heterocycles. The lowest BCUT2D eigenvalue weighted by Crippen LogP contribution is -2.15. The zero-order valence-corrected chi connectivity index (χ0v) is 11.0. The number of allylic oxidation sites excluding steroid dienone is 2. The summed E-state index contributed by atoms with van der Waals surface area (Å²) in [6.07, 6.45) is 7.56. The highest BCUT2D eigenvalue weighted by Gasteiger charge is 2.26. The van der Waals surface area contributed by atoms with Gasteiger partial charge >= 0.3 is 0 Å². The molecule has 2 aromatic heterocycles. The van der Waals surface area contributed by atoms with Gasteiger partial charge < -0.3 is 15.4 Å². The molecule has 1 aliphatic rings. The summed E-state index contributed by atoms with van der Waals surface area (Å²) in [6.45, 7) is 0.163. The van der Waals surface area contributed by atoms with Crippen molar-refractivity contribution in [2.24, 2.45) is 5.92 Å². The number of halogens is 1. The summed E-state index contributed by atoms with van der Waals surface area (Å²) in [7, 11) is 0. The van der Waals surface area contributed by atoms with Crippen molar-refractivity contribution in [1.29, 1.82) is 0 Å². The number of nitrogen functional groups attached to an aromatic ring is 1. The number of rotatable bonds is 3. The van der Waals surface area contributed by atoms with Crippen LogP contribution in [0.5, 0.6) is 0 Å². The molecule has 0 radical (unpaired) electrons. The summed E-state index contributed by atoms with van der Waals surface area (Å²) in [4.78, 5) is 12.4. The van der Waals surface area contributed by atoms with E-state index < -0.39 is 0 Å². The molecule has 1 aliphatic carbocycles. The van der Waals surface area contributed by atoms with Crippen LogP contribution in [0.2, 0.25) is 5.15 Å². The molecule has 19 heavy (non-hydrogen) atoms. The Morgan fingerprint density at radius 1 is 1.47 bits per heavy atom. The number of hydrogen-bond acceptors (Lipinski definition) is 5. The normalized spacial score (nSPS) is 22.4. The van der Waals surface area contributed by atoms with Crippen molar-refractivity contribution < 1.29 is 5.11 Å². The SMILES string of the molecule is Nc1nc(Cl)c2ncn([C@H]3CC=C[C@H]3CCO)c2n1. The summed E-state index contributed by atoms with van der Waals surface area (Å²) in [5.41, 5.74) is 6.85. The topological polar surface area (TPSA) is 89.8 Å². The summed E-state index contributed by atoms with van der Waals surface area (Å²) in [6, 6.07) is 0.197. The number of imidazole rings is 1. The van der Waals surface area contributed by atoms with Crippen LogP contribution >= 0.6 is 11.6 Å². The van der Waals surface area contributed by atoms with Gasteiger partial charge in [0.1, 0.15) is 5.52 Å². The average Bonchev–Trinajstić information content (AvgIpc) is 2.95. The molecule has 2 heterocycles. The summed E-state index contributed by atoms with van der Waals surface area (Å²) in [5.74, 6) is 0.418. The zero-order valence-electron chi connectivity index (χ0n) is 10.2. The van der Waals surface area contributed by atoms with Crippen molar-refractivity contribution >= 4 is 28.7 Å². The van der Waals surface area contributed by atoms with Crippen molar-refractivity contribution in [2.75, 3.05) is 12.3 Å². The fourth-order valence-corrected chi connectivity index (χ4v) is 2.81. The molecule has 0 spiro atoms. The second-order valence-corrected chi connectivity index (χ2v) is 4.96. The third-order valence-corrected chi connectivity index (χ3v) is 3.73. The minimum atomic E-state index is 0.143. The van der Waals surface area contributed by atoms with Crippen molar-refractivity contribution in [3.05, 3.63) is 23.6 Å².